The Labute approximate surface area is 146 Å². The third-order valence-electron chi connectivity index (χ3n) is 4.35. The van der Waals surface area contributed by atoms with Crippen LogP contribution in [0.2, 0.25) is 5.02 Å². The van der Waals surface area contributed by atoms with Crippen molar-refractivity contribution in [3.8, 4) is 0 Å². The van der Waals surface area contributed by atoms with E-state index >= 15 is 0 Å². The topological polar surface area (TPSA) is 67.6 Å². The van der Waals surface area contributed by atoms with E-state index < -0.39 is 9.84 Å². The molecule has 5 nitrogen and oxygen atoms in total. The van der Waals surface area contributed by atoms with Crippen LogP contribution in [-0.2, 0) is 9.84 Å². The molecule has 0 aliphatic carbocycles. The molecule has 1 aromatic carbocycles. The predicted octanol–water partition coefficient (Wildman–Crippen LogP) is 3.52. The average molecular weight is 370 g/mol. The lowest BCUT2D eigenvalue weighted by Gasteiger charge is -2.27. The zero-order valence-corrected chi connectivity index (χ0v) is 15.1. The molecule has 1 unspecified atom stereocenters. The van der Waals surface area contributed by atoms with Crippen molar-refractivity contribution in [2.75, 3.05) is 18.1 Å². The Bertz CT molecular complexity index is 859. The quantitative estimate of drug-likeness (QED) is 0.808. The van der Waals surface area contributed by atoms with Crippen molar-refractivity contribution in [3.63, 3.8) is 0 Å². The first-order chi connectivity index (χ1) is 11.4. The van der Waals surface area contributed by atoms with E-state index in [4.69, 9.17) is 16.0 Å². The molecule has 1 aliphatic heterocycles. The maximum absolute atomic E-state index is 12.9. The number of hydrogen-bond acceptors (Lipinski definition) is 4. The fourth-order valence-electron chi connectivity index (χ4n) is 3.06. The van der Waals surface area contributed by atoms with Crippen LogP contribution in [0.15, 0.2) is 28.7 Å². The van der Waals surface area contributed by atoms with Crippen LogP contribution in [0, 0.1) is 0 Å². The number of fused-ring (bicyclic) bond motifs is 1. The van der Waals surface area contributed by atoms with Gasteiger partial charge in [-0.15, -0.1) is 0 Å². The van der Waals surface area contributed by atoms with Crippen molar-refractivity contribution in [1.29, 1.82) is 0 Å². The normalized spacial score (nSPS) is 19.7. The average Bonchev–Trinajstić information content (AvgIpc) is 3.10. The van der Waals surface area contributed by atoms with Crippen LogP contribution >= 0.6 is 11.6 Å². The first-order valence-corrected chi connectivity index (χ1v) is 10.3. The Morgan fingerprint density at radius 2 is 2.17 bits per heavy atom. The van der Waals surface area contributed by atoms with Crippen LogP contribution in [-0.4, -0.2) is 43.3 Å². The minimum Gasteiger partial charge on any atom is -0.451 e. The number of halogens is 1. The van der Waals surface area contributed by atoms with Crippen molar-refractivity contribution in [3.05, 3.63) is 35.0 Å². The van der Waals surface area contributed by atoms with Crippen LogP contribution in [0.3, 0.4) is 0 Å². The Hall–Kier alpha value is -1.53. The minimum atomic E-state index is -3.05. The van der Waals surface area contributed by atoms with Gasteiger partial charge < -0.3 is 9.32 Å². The fraction of sp³-hybridized carbons (Fsp3) is 0.471. The smallest absolute Gasteiger partial charge is 0.289 e. The number of carbonyl (C=O) groups is 1. The van der Waals surface area contributed by atoms with Crippen molar-refractivity contribution >= 4 is 38.3 Å². The molecule has 1 fully saturated rings. The number of carbonyl (C=O) groups excluding carboxylic acids is 1. The molecule has 2 aromatic rings. The summed E-state index contributed by atoms with van der Waals surface area (Å²) in [7, 11) is -3.05. The molecule has 1 amide bonds. The number of rotatable bonds is 5. The summed E-state index contributed by atoms with van der Waals surface area (Å²) in [5, 5.41) is 1.34. The number of unbranched alkanes of at least 4 members (excludes halogenated alkanes) is 1. The highest BCUT2D eigenvalue weighted by Gasteiger charge is 2.35. The maximum Gasteiger partial charge on any atom is 0.289 e. The highest BCUT2D eigenvalue weighted by molar-refractivity contribution is 7.91. The van der Waals surface area contributed by atoms with E-state index in [1.165, 1.54) is 0 Å². The summed E-state index contributed by atoms with van der Waals surface area (Å²) < 4.78 is 29.2. The standard InChI is InChI=1S/C17H20ClNO4S/c1-2-3-7-19(14-6-8-24(21,22)11-14)17(20)16-10-12-9-13(18)4-5-15(12)23-16/h4-5,9-10,14H,2-3,6-8,11H2,1H3. The lowest BCUT2D eigenvalue weighted by Crippen LogP contribution is -2.41. The van der Waals surface area contributed by atoms with Crippen molar-refractivity contribution in [1.82, 2.24) is 4.90 Å². The Kier molecular flexibility index (Phi) is 4.88. The monoisotopic (exact) mass is 369 g/mol. The third kappa shape index (κ3) is 3.59. The number of sulfone groups is 1. The summed E-state index contributed by atoms with van der Waals surface area (Å²) >= 11 is 5.97. The van der Waals surface area contributed by atoms with Gasteiger partial charge in [0.1, 0.15) is 5.58 Å². The van der Waals surface area contributed by atoms with Gasteiger partial charge >= 0.3 is 0 Å². The molecule has 0 saturated carbocycles. The van der Waals surface area contributed by atoms with Crippen LogP contribution in [0.4, 0.5) is 0 Å². The summed E-state index contributed by atoms with van der Waals surface area (Å²) in [6.07, 6.45) is 2.25. The largest absolute Gasteiger partial charge is 0.451 e. The molecule has 0 radical (unpaired) electrons. The van der Waals surface area contributed by atoms with Gasteiger partial charge in [0.2, 0.25) is 0 Å². The summed E-state index contributed by atoms with van der Waals surface area (Å²) in [4.78, 5) is 14.6. The predicted molar refractivity (Wildman–Crippen MR) is 94.2 cm³/mol. The summed E-state index contributed by atoms with van der Waals surface area (Å²) in [5.74, 6) is 0.156. The molecule has 0 bridgehead atoms. The van der Waals surface area contributed by atoms with E-state index in [-0.39, 0.29) is 29.2 Å². The molecule has 1 aromatic heterocycles. The van der Waals surface area contributed by atoms with E-state index in [9.17, 15) is 13.2 Å². The second-order valence-electron chi connectivity index (χ2n) is 6.20. The van der Waals surface area contributed by atoms with E-state index in [1.807, 2.05) is 6.92 Å². The van der Waals surface area contributed by atoms with Gasteiger partial charge in [0.25, 0.3) is 5.91 Å². The van der Waals surface area contributed by atoms with E-state index in [0.29, 0.717) is 23.6 Å². The summed E-state index contributed by atoms with van der Waals surface area (Å²) in [6.45, 7) is 2.57. The number of benzene rings is 1. The highest BCUT2D eigenvalue weighted by atomic mass is 35.5. The number of furan rings is 1. The Morgan fingerprint density at radius 1 is 1.38 bits per heavy atom. The van der Waals surface area contributed by atoms with E-state index in [0.717, 1.165) is 18.2 Å². The zero-order chi connectivity index (χ0) is 17.3. The van der Waals surface area contributed by atoms with Gasteiger partial charge in [0.15, 0.2) is 15.6 Å². The number of nitrogens with zero attached hydrogens (tertiary/aromatic N) is 1. The van der Waals surface area contributed by atoms with E-state index in [1.54, 1.807) is 29.2 Å². The number of amides is 1. The van der Waals surface area contributed by atoms with Gasteiger partial charge in [-0.25, -0.2) is 8.42 Å². The first kappa shape index (κ1) is 17.3. The van der Waals surface area contributed by atoms with Gasteiger partial charge in [-0.3, -0.25) is 4.79 Å². The molecule has 1 saturated heterocycles. The van der Waals surface area contributed by atoms with Gasteiger partial charge in [-0.2, -0.15) is 0 Å². The SMILES string of the molecule is CCCCN(C(=O)c1cc2cc(Cl)ccc2o1)C1CCS(=O)(=O)C1. The van der Waals surface area contributed by atoms with Crippen LogP contribution in [0.1, 0.15) is 36.7 Å². The molecule has 0 N–H and O–H groups in total. The molecule has 7 heteroatoms. The summed E-state index contributed by atoms with van der Waals surface area (Å²) in [5.41, 5.74) is 0.595. The minimum absolute atomic E-state index is 0.0362. The fourth-order valence-corrected chi connectivity index (χ4v) is 4.97. The van der Waals surface area contributed by atoms with E-state index in [2.05, 4.69) is 0 Å². The summed E-state index contributed by atoms with van der Waals surface area (Å²) in [6, 6.07) is 6.58. The Morgan fingerprint density at radius 3 is 2.83 bits per heavy atom. The van der Waals surface area contributed by atoms with Crippen molar-refractivity contribution in [2.45, 2.75) is 32.2 Å². The molecule has 130 valence electrons. The highest BCUT2D eigenvalue weighted by Crippen LogP contribution is 2.26. The molecular weight excluding hydrogens is 350 g/mol. The van der Waals surface area contributed by atoms with Crippen molar-refractivity contribution in [2.24, 2.45) is 0 Å². The Balaban J connectivity index is 1.89. The van der Waals surface area contributed by atoms with Crippen LogP contribution in [0.5, 0.6) is 0 Å². The van der Waals surface area contributed by atoms with Crippen LogP contribution in [0.25, 0.3) is 11.0 Å². The maximum atomic E-state index is 12.9. The lowest BCUT2D eigenvalue weighted by molar-refractivity contribution is 0.0664. The van der Waals surface area contributed by atoms with Gasteiger partial charge in [0.05, 0.1) is 11.5 Å². The second kappa shape index (κ2) is 6.76. The molecule has 1 atom stereocenters. The molecular formula is C17H20ClNO4S. The lowest BCUT2D eigenvalue weighted by atomic mass is 10.1. The zero-order valence-electron chi connectivity index (χ0n) is 13.5. The molecule has 24 heavy (non-hydrogen) atoms. The van der Waals surface area contributed by atoms with Gasteiger partial charge in [-0.1, -0.05) is 24.9 Å². The van der Waals surface area contributed by atoms with Crippen molar-refractivity contribution < 1.29 is 17.6 Å². The first-order valence-electron chi connectivity index (χ1n) is 8.10. The second-order valence-corrected chi connectivity index (χ2v) is 8.87. The number of hydrogen-bond donors (Lipinski definition) is 0. The molecule has 0 spiro atoms. The molecule has 1 aliphatic rings. The van der Waals surface area contributed by atoms with Gasteiger partial charge in [-0.05, 0) is 37.1 Å². The third-order valence-corrected chi connectivity index (χ3v) is 6.34. The molecule has 2 heterocycles. The molecule has 3 rings (SSSR count). The van der Waals surface area contributed by atoms with Crippen LogP contribution < -0.4 is 0 Å². The van der Waals surface area contributed by atoms with Gasteiger partial charge in [0, 0.05) is 23.0 Å².